The summed E-state index contributed by atoms with van der Waals surface area (Å²) in [5.74, 6) is 0.457. The summed E-state index contributed by atoms with van der Waals surface area (Å²) in [6.07, 6.45) is 1.01. The molecule has 0 atom stereocenters. The topological polar surface area (TPSA) is 66.5 Å². The highest BCUT2D eigenvalue weighted by Crippen LogP contribution is 2.14. The van der Waals surface area contributed by atoms with Crippen molar-refractivity contribution in [2.24, 2.45) is 5.92 Å². The molecule has 0 heterocycles. The van der Waals surface area contributed by atoms with Gasteiger partial charge in [-0.2, -0.15) is 0 Å². The van der Waals surface area contributed by atoms with Gasteiger partial charge in [-0.1, -0.05) is 26.0 Å². The number of nitrogens with zero attached hydrogens (tertiary/aromatic N) is 1. The monoisotopic (exact) mass is 312 g/mol. The number of benzene rings is 1. The Kier molecular flexibility index (Phi) is 6.36. The predicted molar refractivity (Wildman–Crippen MR) is 83.5 cm³/mol. The van der Waals surface area contributed by atoms with Crippen LogP contribution in [0.3, 0.4) is 0 Å². The Bertz CT molecular complexity index is 563. The summed E-state index contributed by atoms with van der Waals surface area (Å²) >= 11 is 0. The summed E-state index contributed by atoms with van der Waals surface area (Å²) in [6, 6.07) is 6.67. The molecule has 1 rings (SSSR count). The third-order valence-corrected chi connectivity index (χ3v) is 4.88. The van der Waals surface area contributed by atoms with Crippen LogP contribution in [-0.2, 0) is 21.2 Å². The quantitative estimate of drug-likeness (QED) is 0.832. The molecule has 5 nitrogen and oxygen atoms in total. The molecule has 0 radical (unpaired) electrons. The van der Waals surface area contributed by atoms with Crippen molar-refractivity contribution in [1.82, 2.24) is 9.62 Å². The summed E-state index contributed by atoms with van der Waals surface area (Å²) < 4.78 is 25.0. The molecule has 1 amide bonds. The molecule has 0 bridgehead atoms. The minimum Gasteiger partial charge on any atom is -0.356 e. The second-order valence-electron chi connectivity index (χ2n) is 5.63. The third-order valence-electron chi connectivity index (χ3n) is 3.05. The van der Waals surface area contributed by atoms with Crippen LogP contribution in [0, 0.1) is 5.92 Å². The summed E-state index contributed by atoms with van der Waals surface area (Å²) in [4.78, 5) is 11.9. The van der Waals surface area contributed by atoms with Gasteiger partial charge in [0.2, 0.25) is 15.9 Å². The van der Waals surface area contributed by atoms with Crippen LogP contribution < -0.4 is 5.32 Å². The fraction of sp³-hybridized carbons (Fsp3) is 0.533. The van der Waals surface area contributed by atoms with Crippen LogP contribution in [0.5, 0.6) is 0 Å². The first-order valence-corrected chi connectivity index (χ1v) is 8.45. The summed E-state index contributed by atoms with van der Waals surface area (Å²) in [5, 5.41) is 2.86. The lowest BCUT2D eigenvalue weighted by molar-refractivity contribution is -0.121. The molecule has 0 unspecified atom stereocenters. The second kappa shape index (κ2) is 7.56. The highest BCUT2D eigenvalue weighted by molar-refractivity contribution is 7.89. The van der Waals surface area contributed by atoms with Crippen molar-refractivity contribution in [2.45, 2.75) is 31.6 Å². The van der Waals surface area contributed by atoms with Crippen molar-refractivity contribution in [3.05, 3.63) is 29.8 Å². The number of amides is 1. The van der Waals surface area contributed by atoms with Gasteiger partial charge in [0.15, 0.2) is 0 Å². The van der Waals surface area contributed by atoms with Crippen LogP contribution in [0.15, 0.2) is 29.2 Å². The fourth-order valence-corrected chi connectivity index (χ4v) is 2.60. The molecule has 1 N–H and O–H groups in total. The minimum absolute atomic E-state index is 0.0219. The van der Waals surface area contributed by atoms with E-state index in [0.717, 1.165) is 5.56 Å². The molecular formula is C15H24N2O3S. The van der Waals surface area contributed by atoms with Crippen molar-refractivity contribution < 1.29 is 13.2 Å². The first kappa shape index (κ1) is 17.7. The lowest BCUT2D eigenvalue weighted by atomic mass is 10.1. The molecule has 1 aromatic carbocycles. The van der Waals surface area contributed by atoms with Gasteiger partial charge >= 0.3 is 0 Å². The molecule has 118 valence electrons. The molecular weight excluding hydrogens is 288 g/mol. The number of carbonyl (C=O) groups is 1. The van der Waals surface area contributed by atoms with E-state index in [4.69, 9.17) is 0 Å². The fourth-order valence-electron chi connectivity index (χ4n) is 1.70. The van der Waals surface area contributed by atoms with Gasteiger partial charge in [-0.3, -0.25) is 4.79 Å². The third kappa shape index (κ3) is 5.47. The van der Waals surface area contributed by atoms with E-state index in [1.807, 2.05) is 13.8 Å². The van der Waals surface area contributed by atoms with Gasteiger partial charge in [0.25, 0.3) is 0 Å². The van der Waals surface area contributed by atoms with Crippen molar-refractivity contribution >= 4 is 15.9 Å². The number of aryl methyl sites for hydroxylation is 1. The van der Waals surface area contributed by atoms with Crippen LogP contribution in [0.1, 0.15) is 25.8 Å². The minimum atomic E-state index is -3.39. The zero-order valence-corrected chi connectivity index (χ0v) is 13.9. The molecule has 0 fully saturated rings. The largest absolute Gasteiger partial charge is 0.356 e. The maximum Gasteiger partial charge on any atom is 0.242 e. The number of hydrogen-bond acceptors (Lipinski definition) is 3. The predicted octanol–water partition coefficient (Wildman–Crippen LogP) is 1.64. The summed E-state index contributed by atoms with van der Waals surface area (Å²) in [5.41, 5.74) is 0.951. The molecule has 0 saturated carbocycles. The van der Waals surface area contributed by atoms with Crippen LogP contribution >= 0.6 is 0 Å². The summed E-state index contributed by atoms with van der Waals surface area (Å²) in [7, 11) is -0.384. The first-order valence-electron chi connectivity index (χ1n) is 7.01. The average molecular weight is 312 g/mol. The molecule has 6 heteroatoms. The SMILES string of the molecule is CC(C)CNC(=O)CCc1ccc(S(=O)(=O)N(C)C)cc1. The van der Waals surface area contributed by atoms with Gasteiger partial charge in [0, 0.05) is 27.1 Å². The van der Waals surface area contributed by atoms with Crippen LogP contribution in [0.2, 0.25) is 0 Å². The zero-order valence-electron chi connectivity index (χ0n) is 13.1. The lowest BCUT2D eigenvalue weighted by Crippen LogP contribution is -2.27. The number of hydrogen-bond donors (Lipinski definition) is 1. The van der Waals surface area contributed by atoms with Crippen molar-refractivity contribution in [3.8, 4) is 0 Å². The Morgan fingerprint density at radius 2 is 1.76 bits per heavy atom. The first-order chi connectivity index (χ1) is 9.73. The van der Waals surface area contributed by atoms with E-state index in [0.29, 0.717) is 25.3 Å². The summed E-state index contributed by atoms with van der Waals surface area (Å²) in [6.45, 7) is 4.77. The Morgan fingerprint density at radius 3 is 2.24 bits per heavy atom. The van der Waals surface area contributed by atoms with Gasteiger partial charge in [-0.25, -0.2) is 12.7 Å². The van der Waals surface area contributed by atoms with Gasteiger partial charge < -0.3 is 5.32 Å². The van der Waals surface area contributed by atoms with Crippen LogP contribution in [0.25, 0.3) is 0 Å². The average Bonchev–Trinajstić information content (AvgIpc) is 2.43. The van der Waals surface area contributed by atoms with Crippen LogP contribution in [0.4, 0.5) is 0 Å². The zero-order chi connectivity index (χ0) is 16.0. The maximum absolute atomic E-state index is 11.9. The number of nitrogens with one attached hydrogen (secondary N) is 1. The Hall–Kier alpha value is -1.40. The number of sulfonamides is 1. The van der Waals surface area contributed by atoms with E-state index >= 15 is 0 Å². The van der Waals surface area contributed by atoms with Crippen molar-refractivity contribution in [1.29, 1.82) is 0 Å². The smallest absolute Gasteiger partial charge is 0.242 e. The highest BCUT2D eigenvalue weighted by Gasteiger charge is 2.16. The number of carbonyl (C=O) groups excluding carboxylic acids is 1. The second-order valence-corrected chi connectivity index (χ2v) is 7.78. The van der Waals surface area contributed by atoms with Crippen molar-refractivity contribution in [2.75, 3.05) is 20.6 Å². The lowest BCUT2D eigenvalue weighted by Gasteiger charge is -2.11. The van der Waals surface area contributed by atoms with Gasteiger partial charge in [-0.15, -0.1) is 0 Å². The normalized spacial score (nSPS) is 11.9. The highest BCUT2D eigenvalue weighted by atomic mass is 32.2. The standard InChI is InChI=1S/C15H24N2O3S/c1-12(2)11-16-15(18)10-7-13-5-8-14(9-6-13)21(19,20)17(3)4/h5-6,8-9,12H,7,10-11H2,1-4H3,(H,16,18). The van der Waals surface area contributed by atoms with E-state index < -0.39 is 10.0 Å². The van der Waals surface area contributed by atoms with E-state index in [1.54, 1.807) is 24.3 Å². The van der Waals surface area contributed by atoms with Gasteiger partial charge in [-0.05, 0) is 30.0 Å². The van der Waals surface area contributed by atoms with E-state index in [2.05, 4.69) is 5.32 Å². The van der Waals surface area contributed by atoms with Gasteiger partial charge in [0.1, 0.15) is 0 Å². The van der Waals surface area contributed by atoms with E-state index in [-0.39, 0.29) is 10.8 Å². The molecule has 0 aliphatic carbocycles. The Morgan fingerprint density at radius 1 is 1.19 bits per heavy atom. The van der Waals surface area contributed by atoms with E-state index in [9.17, 15) is 13.2 Å². The Labute approximate surface area is 127 Å². The number of rotatable bonds is 7. The van der Waals surface area contributed by atoms with Gasteiger partial charge in [0.05, 0.1) is 4.90 Å². The Balaban J connectivity index is 2.58. The molecule has 0 saturated heterocycles. The molecule has 0 spiro atoms. The van der Waals surface area contributed by atoms with Crippen LogP contribution in [-0.4, -0.2) is 39.3 Å². The molecule has 0 aliphatic rings. The molecule has 21 heavy (non-hydrogen) atoms. The molecule has 0 aliphatic heterocycles. The maximum atomic E-state index is 11.9. The van der Waals surface area contributed by atoms with Crippen molar-refractivity contribution in [3.63, 3.8) is 0 Å². The molecule has 1 aromatic rings. The molecule has 0 aromatic heterocycles. The van der Waals surface area contributed by atoms with E-state index in [1.165, 1.54) is 18.4 Å².